The minimum atomic E-state index is -0.262. The van der Waals surface area contributed by atoms with Crippen molar-refractivity contribution in [2.75, 3.05) is 25.0 Å². The van der Waals surface area contributed by atoms with Crippen LogP contribution in [-0.2, 0) is 0 Å². The Balaban J connectivity index is 1.63. The van der Waals surface area contributed by atoms with Gasteiger partial charge in [-0.25, -0.2) is 4.68 Å². The monoisotopic (exact) mass is 376 g/mol. The van der Waals surface area contributed by atoms with E-state index in [1.165, 1.54) is 0 Å². The van der Waals surface area contributed by atoms with Gasteiger partial charge < -0.3 is 15.3 Å². The van der Waals surface area contributed by atoms with Crippen molar-refractivity contribution in [2.24, 2.45) is 0 Å². The highest BCUT2D eigenvalue weighted by Crippen LogP contribution is 2.26. The van der Waals surface area contributed by atoms with E-state index < -0.39 is 0 Å². The number of carbonyl (C=O) groups is 1. The number of anilines is 1. The number of benzene rings is 1. The zero-order chi connectivity index (χ0) is 18.5. The molecule has 1 aromatic carbocycles. The molecule has 6 nitrogen and oxygen atoms in total. The van der Waals surface area contributed by atoms with Gasteiger partial charge in [0.2, 0.25) is 0 Å². The van der Waals surface area contributed by atoms with Gasteiger partial charge in [-0.05, 0) is 31.4 Å². The first-order chi connectivity index (χ1) is 12.6. The number of nitrogens with one attached hydrogen (secondary N) is 1. The number of hydrogen-bond donors (Lipinski definition) is 2. The molecule has 1 atom stereocenters. The minimum Gasteiger partial charge on any atom is -0.392 e. The van der Waals surface area contributed by atoms with Crippen molar-refractivity contribution in [1.82, 2.24) is 14.7 Å². The molecule has 7 heteroatoms. The number of aromatic nitrogens is 2. The van der Waals surface area contributed by atoms with Crippen molar-refractivity contribution < 1.29 is 9.90 Å². The quantitative estimate of drug-likeness (QED) is 0.812. The van der Waals surface area contributed by atoms with Crippen LogP contribution in [0.2, 0.25) is 5.02 Å². The predicted octanol–water partition coefficient (Wildman–Crippen LogP) is 3.20. The highest BCUT2D eigenvalue weighted by atomic mass is 35.5. The van der Waals surface area contributed by atoms with Crippen LogP contribution in [0.4, 0.5) is 5.82 Å². The normalized spacial score (nSPS) is 17.2. The van der Waals surface area contributed by atoms with E-state index in [-0.39, 0.29) is 18.1 Å². The van der Waals surface area contributed by atoms with Crippen LogP contribution in [0.5, 0.6) is 0 Å². The molecular formula is C19H25ClN4O2. The molecule has 0 spiro atoms. The Hall–Kier alpha value is -1.89. The molecule has 1 saturated heterocycles. The first-order valence-electron chi connectivity index (χ1n) is 9.08. The number of halogens is 1. The van der Waals surface area contributed by atoms with E-state index in [0.717, 1.165) is 38.9 Å². The van der Waals surface area contributed by atoms with Crippen LogP contribution >= 0.6 is 11.6 Å². The number of β-amino-alcohol motifs (C(OH)–C–C–N with tert-alkyl or cyclic N) is 1. The summed E-state index contributed by atoms with van der Waals surface area (Å²) in [4.78, 5) is 14.8. The summed E-state index contributed by atoms with van der Waals surface area (Å²) in [5.41, 5.74) is 0.449. The third-order valence-electron chi connectivity index (χ3n) is 4.87. The van der Waals surface area contributed by atoms with Crippen LogP contribution in [-0.4, -0.2) is 51.4 Å². The Morgan fingerprint density at radius 3 is 2.77 bits per heavy atom. The van der Waals surface area contributed by atoms with Crippen LogP contribution < -0.4 is 5.32 Å². The van der Waals surface area contributed by atoms with Crippen LogP contribution in [0.15, 0.2) is 36.5 Å². The van der Waals surface area contributed by atoms with Crippen molar-refractivity contribution in [1.29, 1.82) is 0 Å². The molecule has 1 fully saturated rings. The molecule has 0 bridgehead atoms. The average molecular weight is 377 g/mol. The fourth-order valence-electron chi connectivity index (χ4n) is 3.31. The number of aliphatic hydroxyl groups is 1. The highest BCUT2D eigenvalue weighted by Gasteiger charge is 2.24. The van der Waals surface area contributed by atoms with E-state index in [1.54, 1.807) is 30.5 Å². The van der Waals surface area contributed by atoms with Crippen LogP contribution in [0.1, 0.15) is 42.6 Å². The number of rotatable bonds is 6. The van der Waals surface area contributed by atoms with Gasteiger partial charge in [0.15, 0.2) is 0 Å². The number of amides is 1. The Morgan fingerprint density at radius 2 is 2.08 bits per heavy atom. The van der Waals surface area contributed by atoms with E-state index >= 15 is 0 Å². The van der Waals surface area contributed by atoms with Gasteiger partial charge in [-0.15, -0.1) is 0 Å². The maximum atomic E-state index is 12.5. The summed E-state index contributed by atoms with van der Waals surface area (Å²) in [5.74, 6) is 0.447. The maximum Gasteiger partial charge on any atom is 0.258 e. The first kappa shape index (κ1) is 18.9. The molecule has 140 valence electrons. The predicted molar refractivity (Wildman–Crippen MR) is 103 cm³/mol. The Morgan fingerprint density at radius 1 is 1.35 bits per heavy atom. The van der Waals surface area contributed by atoms with Crippen LogP contribution in [0.3, 0.4) is 0 Å². The molecule has 1 aromatic heterocycles. The lowest BCUT2D eigenvalue weighted by molar-refractivity contribution is 0.0867. The van der Waals surface area contributed by atoms with Crippen LogP contribution in [0.25, 0.3) is 0 Å². The third kappa shape index (κ3) is 4.44. The van der Waals surface area contributed by atoms with E-state index in [9.17, 15) is 9.90 Å². The largest absolute Gasteiger partial charge is 0.392 e. The van der Waals surface area contributed by atoms with Gasteiger partial charge in [-0.1, -0.05) is 30.7 Å². The second-order valence-electron chi connectivity index (χ2n) is 6.69. The molecule has 2 N–H and O–H groups in total. The number of piperidine rings is 1. The molecule has 0 unspecified atom stereocenters. The summed E-state index contributed by atoms with van der Waals surface area (Å²) in [7, 11) is 0. The summed E-state index contributed by atoms with van der Waals surface area (Å²) in [6.45, 7) is 4.55. The molecule has 0 saturated carbocycles. The molecule has 0 aliphatic carbocycles. The van der Waals surface area contributed by atoms with E-state index in [1.807, 2.05) is 17.7 Å². The van der Waals surface area contributed by atoms with E-state index in [0.29, 0.717) is 16.4 Å². The molecule has 3 rings (SSSR count). The zero-order valence-corrected chi connectivity index (χ0v) is 15.7. The number of aliphatic hydroxyl groups excluding tert-OH is 1. The van der Waals surface area contributed by atoms with Gasteiger partial charge in [0, 0.05) is 25.7 Å². The van der Waals surface area contributed by atoms with Gasteiger partial charge >= 0.3 is 0 Å². The lowest BCUT2D eigenvalue weighted by Crippen LogP contribution is -2.39. The van der Waals surface area contributed by atoms with Crippen molar-refractivity contribution in [3.63, 3.8) is 0 Å². The van der Waals surface area contributed by atoms with Gasteiger partial charge in [0.05, 0.1) is 28.9 Å². The van der Waals surface area contributed by atoms with Crippen LogP contribution in [0, 0.1) is 0 Å². The maximum absolute atomic E-state index is 12.5. The van der Waals surface area contributed by atoms with Gasteiger partial charge in [0.1, 0.15) is 5.82 Å². The fourth-order valence-corrected chi connectivity index (χ4v) is 3.53. The van der Waals surface area contributed by atoms with E-state index in [4.69, 9.17) is 11.6 Å². The Labute approximate surface area is 158 Å². The summed E-state index contributed by atoms with van der Waals surface area (Å²) in [5, 5.41) is 17.6. The van der Waals surface area contributed by atoms with Gasteiger partial charge in [-0.2, -0.15) is 5.10 Å². The number of likely N-dealkylation sites (tertiary alicyclic amines) is 1. The first-order valence-corrected chi connectivity index (χ1v) is 9.46. The third-order valence-corrected chi connectivity index (χ3v) is 5.20. The molecule has 0 radical (unpaired) electrons. The number of carbonyl (C=O) groups excluding carboxylic acids is 1. The molecule has 2 aromatic rings. The summed E-state index contributed by atoms with van der Waals surface area (Å²) >= 11 is 6.11. The Kier molecular flexibility index (Phi) is 6.29. The van der Waals surface area contributed by atoms with Gasteiger partial charge in [-0.3, -0.25) is 4.79 Å². The van der Waals surface area contributed by atoms with Crippen molar-refractivity contribution in [3.05, 3.63) is 47.1 Å². The SMILES string of the molecule is CC[C@@H](O)CN1CCC(n2nccc2NC(=O)c2ccccc2Cl)CC1. The average Bonchev–Trinajstić information content (AvgIpc) is 3.10. The summed E-state index contributed by atoms with van der Waals surface area (Å²) < 4.78 is 1.89. The van der Waals surface area contributed by atoms with Crippen molar-refractivity contribution in [3.8, 4) is 0 Å². The highest BCUT2D eigenvalue weighted by molar-refractivity contribution is 6.34. The lowest BCUT2D eigenvalue weighted by Gasteiger charge is -2.33. The zero-order valence-electron chi connectivity index (χ0n) is 14.9. The standard InChI is InChI=1S/C19H25ClN4O2/c1-2-15(25)13-23-11-8-14(9-12-23)24-18(7-10-21-24)22-19(26)16-5-3-4-6-17(16)20/h3-7,10,14-15,25H,2,8-9,11-13H2,1H3,(H,22,26)/t15-/m1/s1. The Bertz CT molecular complexity index is 741. The van der Waals surface area contributed by atoms with Gasteiger partial charge in [0.25, 0.3) is 5.91 Å². The lowest BCUT2D eigenvalue weighted by atomic mass is 10.0. The molecule has 1 aliphatic heterocycles. The minimum absolute atomic E-state index is 0.235. The summed E-state index contributed by atoms with van der Waals surface area (Å²) in [6.07, 6.45) is 4.09. The smallest absolute Gasteiger partial charge is 0.258 e. The summed E-state index contributed by atoms with van der Waals surface area (Å²) in [6, 6.07) is 9.04. The molecule has 2 heterocycles. The molecular weight excluding hydrogens is 352 g/mol. The second-order valence-corrected chi connectivity index (χ2v) is 7.10. The van der Waals surface area contributed by atoms with Crippen molar-refractivity contribution in [2.45, 2.75) is 38.3 Å². The topological polar surface area (TPSA) is 70.4 Å². The second kappa shape index (κ2) is 8.66. The number of hydrogen-bond acceptors (Lipinski definition) is 4. The van der Waals surface area contributed by atoms with Crippen molar-refractivity contribution >= 4 is 23.3 Å². The molecule has 26 heavy (non-hydrogen) atoms. The van der Waals surface area contributed by atoms with E-state index in [2.05, 4.69) is 15.3 Å². The molecule has 1 aliphatic rings. The fraction of sp³-hybridized carbons (Fsp3) is 0.474. The number of nitrogens with zero attached hydrogens (tertiary/aromatic N) is 3. The molecule has 1 amide bonds.